The van der Waals surface area contributed by atoms with E-state index in [1.165, 1.54) is 36.1 Å². The molecule has 0 aromatic heterocycles. The second-order valence-electron chi connectivity index (χ2n) is 5.28. The fraction of sp³-hybridized carbons (Fsp3) is 0.600. The van der Waals surface area contributed by atoms with E-state index in [2.05, 4.69) is 13.0 Å². The molecule has 1 aromatic rings. The highest BCUT2D eigenvalue weighted by atomic mass is 35.5. The smallest absolute Gasteiger partial charge is 0.0544 e. The van der Waals surface area contributed by atoms with Gasteiger partial charge in [0.1, 0.15) is 0 Å². The van der Waals surface area contributed by atoms with E-state index in [1.807, 2.05) is 23.9 Å². The van der Waals surface area contributed by atoms with E-state index < -0.39 is 0 Å². The van der Waals surface area contributed by atoms with Crippen molar-refractivity contribution in [2.75, 3.05) is 6.54 Å². The van der Waals surface area contributed by atoms with Crippen LogP contribution in [0.2, 0.25) is 5.02 Å². The Kier molecular flexibility index (Phi) is 5.40. The third kappa shape index (κ3) is 3.66. The van der Waals surface area contributed by atoms with Gasteiger partial charge in [0.25, 0.3) is 0 Å². The Morgan fingerprint density at radius 1 is 1.39 bits per heavy atom. The SMILES string of the molecule is CC1CCCC(Sc2c(Cl)cccc2CCN)C1. The number of nitrogens with two attached hydrogens (primary N) is 1. The predicted molar refractivity (Wildman–Crippen MR) is 81.5 cm³/mol. The number of rotatable bonds is 4. The van der Waals surface area contributed by atoms with Crippen molar-refractivity contribution >= 4 is 23.4 Å². The molecule has 2 atom stereocenters. The minimum atomic E-state index is 0.689. The molecule has 18 heavy (non-hydrogen) atoms. The van der Waals surface area contributed by atoms with Crippen molar-refractivity contribution < 1.29 is 0 Å². The summed E-state index contributed by atoms with van der Waals surface area (Å²) in [5, 5.41) is 1.62. The zero-order valence-electron chi connectivity index (χ0n) is 11.0. The summed E-state index contributed by atoms with van der Waals surface area (Å²) < 4.78 is 0. The van der Waals surface area contributed by atoms with E-state index in [1.54, 1.807) is 0 Å². The van der Waals surface area contributed by atoms with Crippen molar-refractivity contribution in [2.45, 2.75) is 49.2 Å². The van der Waals surface area contributed by atoms with Crippen LogP contribution in [0.1, 0.15) is 38.2 Å². The lowest BCUT2D eigenvalue weighted by atomic mass is 9.91. The first-order valence-corrected chi connectivity index (χ1v) is 8.10. The fourth-order valence-electron chi connectivity index (χ4n) is 2.69. The maximum atomic E-state index is 6.36. The van der Waals surface area contributed by atoms with Crippen LogP contribution in [0.5, 0.6) is 0 Å². The average Bonchev–Trinajstić information content (AvgIpc) is 2.34. The standard InChI is InChI=1S/C15H22ClNS/c1-11-4-2-6-13(10-11)18-15-12(8-9-17)5-3-7-14(15)16/h3,5,7,11,13H,2,4,6,8-10,17H2,1H3. The van der Waals surface area contributed by atoms with Gasteiger partial charge in [-0.2, -0.15) is 0 Å². The molecule has 1 fully saturated rings. The van der Waals surface area contributed by atoms with Gasteiger partial charge in [0.2, 0.25) is 0 Å². The van der Waals surface area contributed by atoms with Crippen molar-refractivity contribution in [1.82, 2.24) is 0 Å². The molecule has 1 aliphatic rings. The summed E-state index contributed by atoms with van der Waals surface area (Å²) >= 11 is 8.33. The van der Waals surface area contributed by atoms with E-state index in [-0.39, 0.29) is 0 Å². The Hall–Kier alpha value is -0.180. The minimum absolute atomic E-state index is 0.689. The van der Waals surface area contributed by atoms with Crippen LogP contribution in [-0.4, -0.2) is 11.8 Å². The largest absolute Gasteiger partial charge is 0.330 e. The summed E-state index contributed by atoms with van der Waals surface area (Å²) in [5.41, 5.74) is 7.00. The minimum Gasteiger partial charge on any atom is -0.330 e. The van der Waals surface area contributed by atoms with E-state index in [4.69, 9.17) is 17.3 Å². The van der Waals surface area contributed by atoms with Gasteiger partial charge in [0.05, 0.1) is 5.02 Å². The molecule has 0 saturated heterocycles. The topological polar surface area (TPSA) is 26.0 Å². The fourth-order valence-corrected chi connectivity index (χ4v) is 4.56. The first kappa shape index (κ1) is 14.2. The first-order chi connectivity index (χ1) is 8.70. The molecular weight excluding hydrogens is 262 g/mol. The third-order valence-electron chi connectivity index (χ3n) is 3.64. The first-order valence-electron chi connectivity index (χ1n) is 6.84. The number of hydrogen-bond acceptors (Lipinski definition) is 2. The van der Waals surface area contributed by atoms with Crippen LogP contribution in [-0.2, 0) is 6.42 Å². The summed E-state index contributed by atoms with van der Waals surface area (Å²) in [6.07, 6.45) is 6.30. The molecule has 1 saturated carbocycles. The molecule has 2 N–H and O–H groups in total. The van der Waals surface area contributed by atoms with Gasteiger partial charge in [-0.15, -0.1) is 11.8 Å². The molecule has 2 unspecified atom stereocenters. The Balaban J connectivity index is 2.11. The molecule has 100 valence electrons. The molecule has 1 aromatic carbocycles. The van der Waals surface area contributed by atoms with Gasteiger partial charge >= 0.3 is 0 Å². The van der Waals surface area contributed by atoms with Crippen LogP contribution in [0.15, 0.2) is 23.1 Å². The van der Waals surface area contributed by atoms with Gasteiger partial charge in [-0.1, -0.05) is 43.5 Å². The molecule has 0 bridgehead atoms. The molecule has 0 spiro atoms. The molecule has 1 nitrogen and oxygen atoms in total. The van der Waals surface area contributed by atoms with Gasteiger partial charge in [-0.25, -0.2) is 0 Å². The molecule has 3 heteroatoms. The summed E-state index contributed by atoms with van der Waals surface area (Å²) in [5.74, 6) is 0.858. The van der Waals surface area contributed by atoms with Gasteiger partial charge in [-0.05, 0) is 43.4 Å². The zero-order valence-corrected chi connectivity index (χ0v) is 12.6. The van der Waals surface area contributed by atoms with E-state index >= 15 is 0 Å². The monoisotopic (exact) mass is 283 g/mol. The summed E-state index contributed by atoms with van der Waals surface area (Å²) in [7, 11) is 0. The highest BCUT2D eigenvalue weighted by Gasteiger charge is 2.21. The lowest BCUT2D eigenvalue weighted by Gasteiger charge is -2.27. The quantitative estimate of drug-likeness (QED) is 0.880. The van der Waals surface area contributed by atoms with Gasteiger partial charge < -0.3 is 5.73 Å². The highest BCUT2D eigenvalue weighted by molar-refractivity contribution is 8.00. The number of thioether (sulfide) groups is 1. The van der Waals surface area contributed by atoms with E-state index in [0.717, 1.165) is 22.6 Å². The average molecular weight is 284 g/mol. The van der Waals surface area contributed by atoms with Gasteiger partial charge in [0, 0.05) is 10.1 Å². The van der Waals surface area contributed by atoms with Crippen molar-refractivity contribution in [2.24, 2.45) is 11.7 Å². The zero-order chi connectivity index (χ0) is 13.0. The summed E-state index contributed by atoms with van der Waals surface area (Å²) in [6, 6.07) is 6.18. The number of hydrogen-bond donors (Lipinski definition) is 1. The molecule has 0 radical (unpaired) electrons. The predicted octanol–water partition coefficient (Wildman–Crippen LogP) is 4.51. The van der Waals surface area contributed by atoms with Crippen LogP contribution >= 0.6 is 23.4 Å². The van der Waals surface area contributed by atoms with Crippen molar-refractivity contribution in [1.29, 1.82) is 0 Å². The maximum absolute atomic E-state index is 6.36. The van der Waals surface area contributed by atoms with Crippen LogP contribution in [0, 0.1) is 5.92 Å². The lowest BCUT2D eigenvalue weighted by Crippen LogP contribution is -2.15. The second-order valence-corrected chi connectivity index (χ2v) is 7.00. The van der Waals surface area contributed by atoms with Crippen molar-refractivity contribution in [3.63, 3.8) is 0 Å². The Morgan fingerprint density at radius 3 is 2.94 bits per heavy atom. The maximum Gasteiger partial charge on any atom is 0.0544 e. The van der Waals surface area contributed by atoms with Crippen LogP contribution in [0.25, 0.3) is 0 Å². The highest BCUT2D eigenvalue weighted by Crippen LogP contribution is 2.40. The Labute approximate surface area is 119 Å². The number of halogens is 1. The van der Waals surface area contributed by atoms with Crippen molar-refractivity contribution in [3.05, 3.63) is 28.8 Å². The van der Waals surface area contributed by atoms with E-state index in [9.17, 15) is 0 Å². The third-order valence-corrected chi connectivity index (χ3v) is 5.54. The molecular formula is C15H22ClNS. The summed E-state index contributed by atoms with van der Waals surface area (Å²) in [6.45, 7) is 3.05. The van der Waals surface area contributed by atoms with Crippen LogP contribution < -0.4 is 5.73 Å². The van der Waals surface area contributed by atoms with Gasteiger partial charge in [0.15, 0.2) is 0 Å². The molecule has 2 rings (SSSR count). The van der Waals surface area contributed by atoms with Crippen LogP contribution in [0.4, 0.5) is 0 Å². The number of benzene rings is 1. The Morgan fingerprint density at radius 2 is 2.22 bits per heavy atom. The Bertz CT molecular complexity index is 394. The van der Waals surface area contributed by atoms with Crippen molar-refractivity contribution in [3.8, 4) is 0 Å². The summed E-state index contributed by atoms with van der Waals surface area (Å²) in [4.78, 5) is 1.27. The van der Waals surface area contributed by atoms with Crippen LogP contribution in [0.3, 0.4) is 0 Å². The molecule has 0 amide bonds. The lowest BCUT2D eigenvalue weighted by molar-refractivity contribution is 0.394. The molecule has 1 aliphatic carbocycles. The van der Waals surface area contributed by atoms with E-state index in [0.29, 0.717) is 6.54 Å². The van der Waals surface area contributed by atoms with Gasteiger partial charge in [-0.3, -0.25) is 0 Å². The molecule has 0 heterocycles. The second kappa shape index (κ2) is 6.83. The normalized spacial score (nSPS) is 24.2. The molecule has 0 aliphatic heterocycles.